The van der Waals surface area contributed by atoms with Gasteiger partial charge in [0, 0.05) is 12.1 Å². The molecule has 1 aromatic rings. The number of sulfonamides is 1. The van der Waals surface area contributed by atoms with Gasteiger partial charge in [0.2, 0.25) is 10.0 Å². The molecule has 0 aliphatic heterocycles. The molecule has 2 N–H and O–H groups in total. The summed E-state index contributed by atoms with van der Waals surface area (Å²) in [6.45, 7) is 6.03. The third kappa shape index (κ3) is 4.58. The molecule has 0 unspecified atom stereocenters. The molecule has 0 aromatic heterocycles. The van der Waals surface area contributed by atoms with Crippen LogP contribution in [0.25, 0.3) is 0 Å². The lowest BCUT2D eigenvalue weighted by Crippen LogP contribution is -2.31. The van der Waals surface area contributed by atoms with E-state index in [2.05, 4.69) is 0 Å². The van der Waals surface area contributed by atoms with Gasteiger partial charge in [0.1, 0.15) is 0 Å². The maximum atomic E-state index is 12.3. The van der Waals surface area contributed by atoms with Crippen LogP contribution in [0.5, 0.6) is 0 Å². The van der Waals surface area contributed by atoms with E-state index >= 15 is 0 Å². The van der Waals surface area contributed by atoms with Gasteiger partial charge < -0.3 is 5.73 Å². The second kappa shape index (κ2) is 5.59. The molecule has 0 saturated carbocycles. The summed E-state index contributed by atoms with van der Waals surface area (Å²) in [6.07, 6.45) is 0.583. The van der Waals surface area contributed by atoms with Crippen molar-refractivity contribution in [1.82, 2.24) is 0 Å². The van der Waals surface area contributed by atoms with Crippen molar-refractivity contribution in [3.63, 3.8) is 0 Å². The molecule has 0 bridgehead atoms. The summed E-state index contributed by atoms with van der Waals surface area (Å²) in [5.74, 6) is 0.0823. The van der Waals surface area contributed by atoms with Crippen LogP contribution >= 0.6 is 11.6 Å². The lowest BCUT2D eigenvalue weighted by molar-refractivity contribution is 0.397. The lowest BCUT2D eigenvalue weighted by atomic mass is 9.94. The van der Waals surface area contributed by atoms with Gasteiger partial charge in [-0.15, -0.1) is 0 Å². The van der Waals surface area contributed by atoms with Crippen LogP contribution in [0.2, 0.25) is 5.02 Å². The van der Waals surface area contributed by atoms with Gasteiger partial charge >= 0.3 is 0 Å². The van der Waals surface area contributed by atoms with Gasteiger partial charge in [-0.3, -0.25) is 4.31 Å². The summed E-state index contributed by atoms with van der Waals surface area (Å²) in [6, 6.07) is 4.80. The molecule has 108 valence electrons. The molecular formula is C13H21ClN2O2S. The highest BCUT2D eigenvalue weighted by atomic mass is 35.5. The third-order valence-electron chi connectivity index (χ3n) is 2.86. The molecule has 6 heteroatoms. The molecule has 4 nitrogen and oxygen atoms in total. The predicted octanol–water partition coefficient (Wildman–Crippen LogP) is 3.12. The summed E-state index contributed by atoms with van der Waals surface area (Å²) in [4.78, 5) is 0. The first-order chi connectivity index (χ1) is 8.53. The van der Waals surface area contributed by atoms with Gasteiger partial charge in [-0.25, -0.2) is 8.42 Å². The molecule has 1 aromatic carbocycles. The Labute approximate surface area is 120 Å². The van der Waals surface area contributed by atoms with Crippen molar-refractivity contribution in [2.45, 2.75) is 27.2 Å². The van der Waals surface area contributed by atoms with Crippen molar-refractivity contribution in [2.24, 2.45) is 5.41 Å². The number of rotatable bonds is 4. The standard InChI is InChI=1S/C13H21ClN2O2S/c1-13(2,3)7-8-19(17,18)16(4)12-9-10(14)5-6-11(12)15/h5-6,9H,7-8,15H2,1-4H3. The Morgan fingerprint density at radius 2 is 1.89 bits per heavy atom. The first kappa shape index (κ1) is 16.1. The van der Waals surface area contributed by atoms with Gasteiger partial charge in [-0.05, 0) is 30.0 Å². The fourth-order valence-corrected chi connectivity index (χ4v) is 3.28. The Balaban J connectivity index is 2.98. The van der Waals surface area contributed by atoms with Crippen molar-refractivity contribution >= 4 is 33.0 Å². The summed E-state index contributed by atoms with van der Waals surface area (Å²) >= 11 is 5.88. The third-order valence-corrected chi connectivity index (χ3v) is 4.85. The second-order valence-electron chi connectivity index (χ2n) is 5.80. The van der Waals surface area contributed by atoms with E-state index in [1.165, 1.54) is 11.4 Å². The Bertz CT molecular complexity index is 550. The van der Waals surface area contributed by atoms with E-state index in [1.54, 1.807) is 18.2 Å². The summed E-state index contributed by atoms with van der Waals surface area (Å²) in [7, 11) is -1.89. The summed E-state index contributed by atoms with van der Waals surface area (Å²) in [5.41, 5.74) is 6.58. The van der Waals surface area contributed by atoms with Crippen molar-refractivity contribution in [3.8, 4) is 0 Å². The van der Waals surface area contributed by atoms with Gasteiger partial charge in [-0.1, -0.05) is 32.4 Å². The number of hydrogen-bond acceptors (Lipinski definition) is 3. The average molecular weight is 305 g/mol. The van der Waals surface area contributed by atoms with Crippen LogP contribution in [-0.2, 0) is 10.0 Å². The molecule has 0 radical (unpaired) electrons. The Hall–Kier alpha value is -0.940. The van der Waals surface area contributed by atoms with Crippen LogP contribution in [0.3, 0.4) is 0 Å². The molecule has 19 heavy (non-hydrogen) atoms. The number of hydrogen-bond donors (Lipinski definition) is 1. The highest BCUT2D eigenvalue weighted by Gasteiger charge is 2.23. The van der Waals surface area contributed by atoms with Crippen molar-refractivity contribution in [2.75, 3.05) is 22.8 Å². The molecule has 0 amide bonds. The number of halogens is 1. The lowest BCUT2D eigenvalue weighted by Gasteiger charge is -2.24. The minimum atomic E-state index is -3.39. The van der Waals surface area contributed by atoms with Gasteiger partial charge in [0.15, 0.2) is 0 Å². The zero-order chi connectivity index (χ0) is 14.8. The van der Waals surface area contributed by atoms with Crippen LogP contribution in [-0.4, -0.2) is 21.2 Å². The van der Waals surface area contributed by atoms with E-state index in [9.17, 15) is 8.42 Å². The number of nitrogens with zero attached hydrogens (tertiary/aromatic N) is 1. The van der Waals surface area contributed by atoms with E-state index in [0.717, 1.165) is 0 Å². The smallest absolute Gasteiger partial charge is 0.234 e. The van der Waals surface area contributed by atoms with Gasteiger partial charge in [0.05, 0.1) is 17.1 Å². The quantitative estimate of drug-likeness (QED) is 0.869. The molecule has 0 aliphatic rings. The Morgan fingerprint density at radius 1 is 1.32 bits per heavy atom. The minimum Gasteiger partial charge on any atom is -0.397 e. The molecular weight excluding hydrogens is 284 g/mol. The van der Waals surface area contributed by atoms with Crippen LogP contribution in [0.1, 0.15) is 27.2 Å². The van der Waals surface area contributed by atoms with E-state index in [-0.39, 0.29) is 11.2 Å². The highest BCUT2D eigenvalue weighted by Crippen LogP contribution is 2.29. The average Bonchev–Trinajstić information content (AvgIpc) is 2.28. The maximum Gasteiger partial charge on any atom is 0.234 e. The van der Waals surface area contributed by atoms with E-state index < -0.39 is 10.0 Å². The Morgan fingerprint density at radius 3 is 2.42 bits per heavy atom. The molecule has 0 aliphatic carbocycles. The largest absolute Gasteiger partial charge is 0.397 e. The first-order valence-corrected chi connectivity index (χ1v) is 8.03. The number of nitrogens with two attached hydrogens (primary N) is 1. The molecule has 0 heterocycles. The van der Waals surface area contributed by atoms with Crippen LogP contribution < -0.4 is 10.0 Å². The Kier molecular flexibility index (Phi) is 4.74. The SMILES string of the molecule is CN(c1cc(Cl)ccc1N)S(=O)(=O)CCC(C)(C)C. The van der Waals surface area contributed by atoms with E-state index in [4.69, 9.17) is 17.3 Å². The van der Waals surface area contributed by atoms with Crippen molar-refractivity contribution < 1.29 is 8.42 Å². The van der Waals surface area contributed by atoms with Crippen LogP contribution in [0.15, 0.2) is 18.2 Å². The molecule has 0 spiro atoms. The number of nitrogen functional groups attached to an aromatic ring is 1. The number of anilines is 2. The molecule has 0 fully saturated rings. The monoisotopic (exact) mass is 304 g/mol. The fraction of sp³-hybridized carbons (Fsp3) is 0.538. The summed E-state index contributed by atoms with van der Waals surface area (Å²) in [5, 5.41) is 0.460. The van der Waals surface area contributed by atoms with Crippen LogP contribution in [0, 0.1) is 5.41 Å². The van der Waals surface area contributed by atoms with Crippen molar-refractivity contribution in [3.05, 3.63) is 23.2 Å². The van der Waals surface area contributed by atoms with Gasteiger partial charge in [0.25, 0.3) is 0 Å². The van der Waals surface area contributed by atoms with Gasteiger partial charge in [-0.2, -0.15) is 0 Å². The van der Waals surface area contributed by atoms with Crippen molar-refractivity contribution in [1.29, 1.82) is 0 Å². The predicted molar refractivity (Wildman–Crippen MR) is 82.1 cm³/mol. The first-order valence-electron chi connectivity index (χ1n) is 6.04. The maximum absolute atomic E-state index is 12.3. The second-order valence-corrected chi connectivity index (χ2v) is 8.35. The highest BCUT2D eigenvalue weighted by molar-refractivity contribution is 7.92. The number of benzene rings is 1. The molecule has 0 saturated heterocycles. The topological polar surface area (TPSA) is 63.4 Å². The zero-order valence-electron chi connectivity index (χ0n) is 11.8. The normalized spacial score (nSPS) is 12.5. The van der Waals surface area contributed by atoms with E-state index in [1.807, 2.05) is 20.8 Å². The zero-order valence-corrected chi connectivity index (χ0v) is 13.3. The minimum absolute atomic E-state index is 0.0339. The fourth-order valence-electron chi connectivity index (χ4n) is 1.51. The van der Waals surface area contributed by atoms with Crippen LogP contribution in [0.4, 0.5) is 11.4 Å². The van der Waals surface area contributed by atoms with E-state index in [0.29, 0.717) is 22.8 Å². The molecule has 0 atom stereocenters. The molecule has 1 rings (SSSR count). The summed E-state index contributed by atoms with van der Waals surface area (Å²) < 4.78 is 25.7.